The number of nitrogens with one attached hydrogen (secondary N) is 1. The van der Waals surface area contributed by atoms with Crippen molar-refractivity contribution < 1.29 is 4.74 Å². The van der Waals surface area contributed by atoms with Crippen LogP contribution in [0.2, 0.25) is 0 Å². The average molecular weight is 322 g/mol. The molecule has 1 aromatic carbocycles. The Hall–Kier alpha value is -1.46. The summed E-state index contributed by atoms with van der Waals surface area (Å²) in [6.07, 6.45) is 4.34. The third kappa shape index (κ3) is 3.52. The van der Waals surface area contributed by atoms with Crippen molar-refractivity contribution >= 4 is 15.9 Å². The maximum atomic E-state index is 5.23. The van der Waals surface area contributed by atoms with Gasteiger partial charge >= 0.3 is 0 Å². The molecule has 1 aromatic heterocycles. The van der Waals surface area contributed by atoms with Crippen molar-refractivity contribution in [1.29, 1.82) is 0 Å². The third-order valence-corrected chi connectivity index (χ3v) is 3.52. The van der Waals surface area contributed by atoms with E-state index in [-0.39, 0.29) is 6.04 Å². The minimum atomic E-state index is 0.0986. The summed E-state index contributed by atoms with van der Waals surface area (Å²) in [5, 5.41) is 3.24. The lowest BCUT2D eigenvalue weighted by atomic mass is 10.1. The van der Waals surface area contributed by atoms with Gasteiger partial charge in [0.2, 0.25) is 0 Å². The Labute approximate surface area is 121 Å². The molecule has 1 N–H and O–H groups in total. The monoisotopic (exact) mass is 321 g/mol. The molecule has 2 aromatic rings. The molecule has 19 heavy (non-hydrogen) atoms. The summed E-state index contributed by atoms with van der Waals surface area (Å²) in [5.74, 6) is 1.64. The molecule has 0 aliphatic heterocycles. The number of ether oxygens (including phenoxy) is 1. The van der Waals surface area contributed by atoms with Gasteiger partial charge in [0.1, 0.15) is 11.6 Å². The molecule has 0 saturated heterocycles. The number of methoxy groups -OCH3 is 1. The zero-order chi connectivity index (χ0) is 13.7. The topological polar surface area (TPSA) is 47.0 Å². The highest BCUT2D eigenvalue weighted by molar-refractivity contribution is 9.10. The standard InChI is InChI=1S/C14H16BrN3O/c1-16-12(14-17-6-3-7-18-14)9-10-4-5-13(19-2)11(15)8-10/h3-8,12,16H,9H2,1-2H3. The Bertz CT molecular complexity index is 533. The molecule has 0 fully saturated rings. The van der Waals surface area contributed by atoms with Gasteiger partial charge in [0.15, 0.2) is 0 Å². The van der Waals surface area contributed by atoms with Gasteiger partial charge in [0.05, 0.1) is 17.6 Å². The Kier molecular flexibility index (Phi) is 4.87. The van der Waals surface area contributed by atoms with Crippen molar-refractivity contribution in [3.8, 4) is 5.75 Å². The highest BCUT2D eigenvalue weighted by Crippen LogP contribution is 2.27. The zero-order valence-corrected chi connectivity index (χ0v) is 12.5. The zero-order valence-electron chi connectivity index (χ0n) is 10.9. The highest BCUT2D eigenvalue weighted by atomic mass is 79.9. The molecule has 0 aliphatic carbocycles. The minimum absolute atomic E-state index is 0.0986. The van der Waals surface area contributed by atoms with E-state index in [2.05, 4.69) is 43.3 Å². The van der Waals surface area contributed by atoms with Gasteiger partial charge in [-0.15, -0.1) is 0 Å². The van der Waals surface area contributed by atoms with Crippen LogP contribution in [0.15, 0.2) is 41.1 Å². The first kappa shape index (κ1) is 14.0. The molecule has 1 heterocycles. The lowest BCUT2D eigenvalue weighted by Crippen LogP contribution is -2.21. The van der Waals surface area contributed by atoms with Gasteiger partial charge in [0, 0.05) is 12.4 Å². The maximum Gasteiger partial charge on any atom is 0.145 e. The Morgan fingerprint density at radius 3 is 2.63 bits per heavy atom. The second-order valence-electron chi connectivity index (χ2n) is 4.12. The number of rotatable bonds is 5. The molecule has 0 aliphatic rings. The van der Waals surface area contributed by atoms with Crippen molar-refractivity contribution in [1.82, 2.24) is 15.3 Å². The van der Waals surface area contributed by atoms with E-state index >= 15 is 0 Å². The lowest BCUT2D eigenvalue weighted by molar-refractivity contribution is 0.412. The lowest BCUT2D eigenvalue weighted by Gasteiger charge is -2.15. The van der Waals surface area contributed by atoms with Crippen LogP contribution >= 0.6 is 15.9 Å². The quantitative estimate of drug-likeness (QED) is 0.919. The molecule has 4 nitrogen and oxygen atoms in total. The third-order valence-electron chi connectivity index (χ3n) is 2.90. The number of hydrogen-bond acceptors (Lipinski definition) is 4. The van der Waals surface area contributed by atoms with Crippen LogP contribution in [0.1, 0.15) is 17.4 Å². The van der Waals surface area contributed by atoms with Crippen LogP contribution < -0.4 is 10.1 Å². The van der Waals surface area contributed by atoms with Crippen LogP contribution in [0.3, 0.4) is 0 Å². The van der Waals surface area contributed by atoms with Gasteiger partial charge < -0.3 is 10.1 Å². The van der Waals surface area contributed by atoms with Crippen molar-refractivity contribution in [3.05, 3.63) is 52.5 Å². The molecular weight excluding hydrogens is 306 g/mol. The number of aromatic nitrogens is 2. The van der Waals surface area contributed by atoms with Crippen molar-refractivity contribution in [3.63, 3.8) is 0 Å². The minimum Gasteiger partial charge on any atom is -0.496 e. The summed E-state index contributed by atoms with van der Waals surface area (Å²) in [6.45, 7) is 0. The fourth-order valence-electron chi connectivity index (χ4n) is 1.89. The summed E-state index contributed by atoms with van der Waals surface area (Å²) in [5.41, 5.74) is 1.19. The number of hydrogen-bond donors (Lipinski definition) is 1. The normalized spacial score (nSPS) is 12.2. The first-order valence-electron chi connectivity index (χ1n) is 6.01. The second kappa shape index (κ2) is 6.63. The van der Waals surface area contributed by atoms with E-state index < -0.39 is 0 Å². The van der Waals surface area contributed by atoms with Crippen LogP contribution in [-0.4, -0.2) is 24.1 Å². The molecule has 0 amide bonds. The Balaban J connectivity index is 2.17. The number of likely N-dealkylation sites (N-methyl/N-ethyl adjacent to an activating group) is 1. The van der Waals surface area contributed by atoms with Crippen LogP contribution in [0, 0.1) is 0 Å². The molecule has 100 valence electrons. The van der Waals surface area contributed by atoms with Crippen molar-refractivity contribution in [2.75, 3.05) is 14.2 Å². The van der Waals surface area contributed by atoms with E-state index in [4.69, 9.17) is 4.74 Å². The van der Waals surface area contributed by atoms with Crippen molar-refractivity contribution in [2.45, 2.75) is 12.5 Å². The smallest absolute Gasteiger partial charge is 0.145 e. The molecule has 1 atom stereocenters. The molecule has 5 heteroatoms. The fourth-order valence-corrected chi connectivity index (χ4v) is 2.47. The fraction of sp³-hybridized carbons (Fsp3) is 0.286. The van der Waals surface area contributed by atoms with Crippen molar-refractivity contribution in [2.24, 2.45) is 0 Å². The first-order valence-corrected chi connectivity index (χ1v) is 6.80. The van der Waals surface area contributed by atoms with Gasteiger partial charge in [-0.3, -0.25) is 0 Å². The largest absolute Gasteiger partial charge is 0.496 e. The van der Waals surface area contributed by atoms with Crippen LogP contribution in [0.25, 0.3) is 0 Å². The predicted molar refractivity (Wildman–Crippen MR) is 78.2 cm³/mol. The summed E-state index contributed by atoms with van der Waals surface area (Å²) in [4.78, 5) is 8.58. The summed E-state index contributed by atoms with van der Waals surface area (Å²) < 4.78 is 6.18. The molecule has 2 rings (SSSR count). The molecule has 0 saturated carbocycles. The van der Waals surface area contributed by atoms with Gasteiger partial charge in [0.25, 0.3) is 0 Å². The van der Waals surface area contributed by atoms with Gasteiger partial charge in [-0.05, 0) is 53.2 Å². The average Bonchev–Trinajstić information content (AvgIpc) is 2.46. The highest BCUT2D eigenvalue weighted by Gasteiger charge is 2.13. The Morgan fingerprint density at radius 1 is 1.32 bits per heavy atom. The number of nitrogens with zero attached hydrogens (tertiary/aromatic N) is 2. The first-order chi connectivity index (χ1) is 9.24. The summed E-state index contributed by atoms with van der Waals surface area (Å²) in [6, 6.07) is 7.99. The Morgan fingerprint density at radius 2 is 2.05 bits per heavy atom. The van der Waals surface area contributed by atoms with E-state index in [1.165, 1.54) is 5.56 Å². The summed E-state index contributed by atoms with van der Waals surface area (Å²) in [7, 11) is 3.58. The van der Waals surface area contributed by atoms with E-state index in [0.29, 0.717) is 0 Å². The summed E-state index contributed by atoms with van der Waals surface area (Å²) >= 11 is 3.50. The molecule has 0 bridgehead atoms. The van der Waals surface area contributed by atoms with E-state index in [0.717, 1.165) is 22.5 Å². The van der Waals surface area contributed by atoms with Crippen LogP contribution in [-0.2, 0) is 6.42 Å². The second-order valence-corrected chi connectivity index (χ2v) is 4.98. The molecule has 0 radical (unpaired) electrons. The molecule has 1 unspecified atom stereocenters. The SMILES string of the molecule is CNC(Cc1ccc(OC)c(Br)c1)c1ncccn1. The van der Waals surface area contributed by atoms with Gasteiger partial charge in [-0.2, -0.15) is 0 Å². The van der Waals surface area contributed by atoms with Crippen LogP contribution in [0.4, 0.5) is 0 Å². The number of halogens is 1. The number of benzene rings is 1. The predicted octanol–water partition coefficient (Wildman–Crippen LogP) is 2.75. The maximum absolute atomic E-state index is 5.23. The van der Waals surface area contributed by atoms with Crippen LogP contribution in [0.5, 0.6) is 5.75 Å². The van der Waals surface area contributed by atoms with Gasteiger partial charge in [-0.1, -0.05) is 6.07 Å². The van der Waals surface area contributed by atoms with E-state index in [9.17, 15) is 0 Å². The van der Waals surface area contributed by atoms with E-state index in [1.54, 1.807) is 19.5 Å². The molecule has 0 spiro atoms. The molecular formula is C14H16BrN3O. The van der Waals surface area contributed by atoms with Gasteiger partial charge in [-0.25, -0.2) is 9.97 Å². The van der Waals surface area contributed by atoms with E-state index in [1.807, 2.05) is 19.2 Å².